The minimum atomic E-state index is -0.0829. The Morgan fingerprint density at radius 2 is 2.00 bits per heavy atom. The zero-order valence-electron chi connectivity index (χ0n) is 12.5. The molecule has 1 N–H and O–H groups in total. The predicted molar refractivity (Wildman–Crippen MR) is 80.8 cm³/mol. The van der Waals surface area contributed by atoms with Gasteiger partial charge in [0.2, 0.25) is 0 Å². The summed E-state index contributed by atoms with van der Waals surface area (Å²) in [6.07, 6.45) is 3.81. The molecule has 0 aromatic heterocycles. The van der Waals surface area contributed by atoms with E-state index in [0.29, 0.717) is 25.0 Å². The lowest BCUT2D eigenvalue weighted by molar-refractivity contribution is -0.143. The van der Waals surface area contributed by atoms with E-state index in [4.69, 9.17) is 4.74 Å². The number of carbonyl (C=O) groups excluding carboxylic acids is 1. The van der Waals surface area contributed by atoms with Crippen molar-refractivity contribution in [3.63, 3.8) is 0 Å². The molecule has 0 radical (unpaired) electrons. The lowest BCUT2D eigenvalue weighted by Crippen LogP contribution is -2.40. The molecule has 0 amide bonds. The number of benzene rings is 1. The smallest absolute Gasteiger partial charge is 0.305 e. The molecule has 1 aliphatic rings. The second-order valence-electron chi connectivity index (χ2n) is 5.64. The van der Waals surface area contributed by atoms with E-state index < -0.39 is 0 Å². The van der Waals surface area contributed by atoms with Crippen LogP contribution >= 0.6 is 0 Å². The van der Waals surface area contributed by atoms with E-state index in [1.807, 2.05) is 6.92 Å². The molecule has 1 fully saturated rings. The minimum absolute atomic E-state index is 0.0829. The highest BCUT2D eigenvalue weighted by Crippen LogP contribution is 2.36. The van der Waals surface area contributed by atoms with Gasteiger partial charge in [-0.05, 0) is 51.1 Å². The summed E-state index contributed by atoms with van der Waals surface area (Å²) in [6, 6.07) is 9.49. The van der Waals surface area contributed by atoms with Crippen molar-refractivity contribution >= 4 is 5.97 Å². The van der Waals surface area contributed by atoms with E-state index in [1.54, 1.807) is 0 Å². The Labute approximate surface area is 121 Å². The number of carbonyl (C=O) groups is 1. The fourth-order valence-electron chi connectivity index (χ4n) is 2.67. The van der Waals surface area contributed by atoms with Gasteiger partial charge in [0.25, 0.3) is 0 Å². The lowest BCUT2D eigenvalue weighted by atomic mass is 9.76. The van der Waals surface area contributed by atoms with Crippen LogP contribution < -0.4 is 5.32 Å². The van der Waals surface area contributed by atoms with E-state index in [2.05, 4.69) is 36.5 Å². The summed E-state index contributed by atoms with van der Waals surface area (Å²) < 4.78 is 4.91. The van der Waals surface area contributed by atoms with Gasteiger partial charge in [-0.1, -0.05) is 29.8 Å². The molecule has 0 atom stereocenters. The second-order valence-corrected chi connectivity index (χ2v) is 5.64. The summed E-state index contributed by atoms with van der Waals surface area (Å²) in [5, 5.41) is 3.52. The van der Waals surface area contributed by atoms with Gasteiger partial charge in [-0.25, -0.2) is 0 Å². The van der Waals surface area contributed by atoms with Crippen molar-refractivity contribution in [1.29, 1.82) is 0 Å². The number of aryl methyl sites for hydroxylation is 1. The molecule has 0 aliphatic heterocycles. The molecule has 3 heteroatoms. The molecule has 2 rings (SSSR count). The van der Waals surface area contributed by atoms with Crippen LogP contribution in [0.4, 0.5) is 0 Å². The fraction of sp³-hybridized carbons (Fsp3) is 0.588. The van der Waals surface area contributed by atoms with Crippen LogP contribution in [0.1, 0.15) is 49.7 Å². The summed E-state index contributed by atoms with van der Waals surface area (Å²) in [7, 11) is 0. The molecule has 3 nitrogen and oxygen atoms in total. The normalized spacial score (nSPS) is 21.3. The van der Waals surface area contributed by atoms with Gasteiger partial charge in [0, 0.05) is 12.5 Å². The number of hydrogen-bond acceptors (Lipinski definition) is 3. The lowest BCUT2D eigenvalue weighted by Gasteiger charge is -2.36. The summed E-state index contributed by atoms with van der Waals surface area (Å²) >= 11 is 0. The minimum Gasteiger partial charge on any atom is -0.466 e. The first-order chi connectivity index (χ1) is 9.69. The van der Waals surface area contributed by atoms with E-state index in [1.165, 1.54) is 24.0 Å². The van der Waals surface area contributed by atoms with Gasteiger partial charge in [-0.2, -0.15) is 0 Å². The molecule has 0 saturated heterocycles. The van der Waals surface area contributed by atoms with Gasteiger partial charge >= 0.3 is 5.97 Å². The summed E-state index contributed by atoms with van der Waals surface area (Å²) in [5.41, 5.74) is 2.78. The van der Waals surface area contributed by atoms with Gasteiger partial charge < -0.3 is 10.1 Å². The molecule has 110 valence electrons. The number of esters is 1. The Morgan fingerprint density at radius 1 is 1.30 bits per heavy atom. The third-order valence-electron chi connectivity index (χ3n) is 3.98. The highest BCUT2D eigenvalue weighted by molar-refractivity contribution is 5.69. The fourth-order valence-corrected chi connectivity index (χ4v) is 2.67. The number of nitrogens with one attached hydrogen (secondary N) is 1. The SMILES string of the molecule is CCOC(=O)CCCNC1CC(c2ccc(C)cc2)C1. The molecule has 0 heterocycles. The van der Waals surface area contributed by atoms with Crippen molar-refractivity contribution < 1.29 is 9.53 Å². The Kier molecular flexibility index (Phi) is 5.60. The highest BCUT2D eigenvalue weighted by atomic mass is 16.5. The zero-order chi connectivity index (χ0) is 14.4. The number of ether oxygens (including phenoxy) is 1. The van der Waals surface area contributed by atoms with E-state index in [-0.39, 0.29) is 5.97 Å². The number of hydrogen-bond donors (Lipinski definition) is 1. The van der Waals surface area contributed by atoms with Crippen molar-refractivity contribution in [3.8, 4) is 0 Å². The molecular formula is C17H25NO2. The third-order valence-corrected chi connectivity index (χ3v) is 3.98. The average Bonchev–Trinajstić information content (AvgIpc) is 2.38. The summed E-state index contributed by atoms with van der Waals surface area (Å²) in [6.45, 7) is 5.35. The van der Waals surface area contributed by atoms with Crippen LogP contribution in [0, 0.1) is 6.92 Å². The van der Waals surface area contributed by atoms with Crippen molar-refractivity contribution in [2.75, 3.05) is 13.2 Å². The maximum atomic E-state index is 11.2. The highest BCUT2D eigenvalue weighted by Gasteiger charge is 2.29. The van der Waals surface area contributed by atoms with Gasteiger partial charge in [0.05, 0.1) is 6.61 Å². The maximum absolute atomic E-state index is 11.2. The van der Waals surface area contributed by atoms with Crippen LogP contribution in [0.15, 0.2) is 24.3 Å². The van der Waals surface area contributed by atoms with Crippen LogP contribution in [0.2, 0.25) is 0 Å². The van der Waals surface area contributed by atoms with Crippen molar-refractivity contribution in [3.05, 3.63) is 35.4 Å². The van der Waals surface area contributed by atoms with Gasteiger partial charge in [0.1, 0.15) is 0 Å². The van der Waals surface area contributed by atoms with Gasteiger partial charge in [-0.15, -0.1) is 0 Å². The van der Waals surface area contributed by atoms with Crippen LogP contribution in [-0.2, 0) is 9.53 Å². The van der Waals surface area contributed by atoms with Crippen molar-refractivity contribution in [2.45, 2.75) is 51.5 Å². The largest absolute Gasteiger partial charge is 0.466 e. The molecule has 1 saturated carbocycles. The molecular weight excluding hydrogens is 250 g/mol. The molecule has 0 unspecified atom stereocenters. The molecule has 1 aromatic carbocycles. The average molecular weight is 275 g/mol. The maximum Gasteiger partial charge on any atom is 0.305 e. The molecule has 1 aromatic rings. The second kappa shape index (κ2) is 7.44. The standard InChI is InChI=1S/C17H25NO2/c1-3-20-17(19)5-4-10-18-16-11-15(12-16)14-8-6-13(2)7-9-14/h6-9,15-16,18H,3-5,10-12H2,1-2H3. The Hall–Kier alpha value is -1.35. The zero-order valence-corrected chi connectivity index (χ0v) is 12.5. The first-order valence-electron chi connectivity index (χ1n) is 7.64. The van der Waals surface area contributed by atoms with Crippen LogP contribution in [0.3, 0.4) is 0 Å². The molecule has 1 aliphatic carbocycles. The first kappa shape index (κ1) is 15.0. The third kappa shape index (κ3) is 4.34. The Bertz CT molecular complexity index is 421. The van der Waals surface area contributed by atoms with E-state index >= 15 is 0 Å². The predicted octanol–water partition coefficient (Wildman–Crippen LogP) is 3.17. The Morgan fingerprint density at radius 3 is 2.65 bits per heavy atom. The van der Waals surface area contributed by atoms with E-state index in [9.17, 15) is 4.79 Å². The molecule has 20 heavy (non-hydrogen) atoms. The van der Waals surface area contributed by atoms with Gasteiger partial charge in [-0.3, -0.25) is 4.79 Å². The first-order valence-corrected chi connectivity index (χ1v) is 7.64. The summed E-state index contributed by atoms with van der Waals surface area (Å²) in [4.78, 5) is 11.2. The van der Waals surface area contributed by atoms with E-state index in [0.717, 1.165) is 13.0 Å². The van der Waals surface area contributed by atoms with Gasteiger partial charge in [0.15, 0.2) is 0 Å². The topological polar surface area (TPSA) is 38.3 Å². The van der Waals surface area contributed by atoms with Crippen LogP contribution in [0.5, 0.6) is 0 Å². The molecule has 0 spiro atoms. The monoisotopic (exact) mass is 275 g/mol. The van der Waals surface area contributed by atoms with Crippen molar-refractivity contribution in [2.24, 2.45) is 0 Å². The Balaban J connectivity index is 1.58. The van der Waals surface area contributed by atoms with Crippen LogP contribution in [-0.4, -0.2) is 25.2 Å². The number of rotatable bonds is 7. The molecule has 0 bridgehead atoms. The van der Waals surface area contributed by atoms with Crippen LogP contribution in [0.25, 0.3) is 0 Å². The summed E-state index contributed by atoms with van der Waals surface area (Å²) in [5.74, 6) is 0.624. The van der Waals surface area contributed by atoms with Crippen molar-refractivity contribution in [1.82, 2.24) is 5.32 Å². The quantitative estimate of drug-likeness (QED) is 0.613.